The number of hydrogen-bond donors (Lipinski definition) is 1. The minimum Gasteiger partial charge on any atom is -0.356 e. The zero-order valence-corrected chi connectivity index (χ0v) is 17.8. The Labute approximate surface area is 173 Å². The van der Waals surface area contributed by atoms with Crippen LogP contribution < -0.4 is 10.2 Å². The molecule has 1 N–H and O–H groups in total. The van der Waals surface area contributed by atoms with Crippen LogP contribution in [0.2, 0.25) is 5.02 Å². The molecular formula is C21H23ClN4OS. The zero-order valence-electron chi connectivity index (χ0n) is 16.3. The van der Waals surface area contributed by atoms with Crippen molar-refractivity contribution in [3.05, 3.63) is 45.6 Å². The Kier molecular flexibility index (Phi) is 5.25. The van der Waals surface area contributed by atoms with Crippen molar-refractivity contribution in [3.63, 3.8) is 0 Å². The molecular weight excluding hydrogens is 392 g/mol. The first-order valence-electron chi connectivity index (χ1n) is 9.52. The quantitative estimate of drug-likeness (QED) is 0.619. The zero-order chi connectivity index (χ0) is 19.8. The normalized spacial score (nSPS) is 15.2. The SMILES string of the molecule is Cc1nc(N2CCC(C)CC2)c2c(C)c(C(=O)Nc3cccc(Cl)c3)sc2n1. The molecule has 7 heteroatoms. The van der Waals surface area contributed by atoms with Crippen LogP contribution in [0.4, 0.5) is 11.5 Å². The Balaban J connectivity index is 1.72. The largest absolute Gasteiger partial charge is 0.356 e. The second-order valence-corrected chi connectivity index (χ2v) is 8.90. The summed E-state index contributed by atoms with van der Waals surface area (Å²) in [6.07, 6.45) is 2.33. The van der Waals surface area contributed by atoms with Crippen LogP contribution in [0.25, 0.3) is 10.2 Å². The number of amides is 1. The first kappa shape index (κ1) is 19.2. The fourth-order valence-electron chi connectivity index (χ4n) is 3.64. The highest BCUT2D eigenvalue weighted by atomic mass is 35.5. The smallest absolute Gasteiger partial charge is 0.266 e. The van der Waals surface area contributed by atoms with Crippen LogP contribution in [0, 0.1) is 19.8 Å². The molecule has 0 unspecified atom stereocenters. The average molecular weight is 415 g/mol. The molecule has 1 saturated heterocycles. The summed E-state index contributed by atoms with van der Waals surface area (Å²) < 4.78 is 0. The monoisotopic (exact) mass is 414 g/mol. The maximum absolute atomic E-state index is 12.9. The number of benzene rings is 1. The minimum absolute atomic E-state index is 0.140. The van der Waals surface area contributed by atoms with E-state index < -0.39 is 0 Å². The highest BCUT2D eigenvalue weighted by Gasteiger charge is 2.25. The third-order valence-electron chi connectivity index (χ3n) is 5.25. The molecule has 0 atom stereocenters. The van der Waals surface area contributed by atoms with Crippen molar-refractivity contribution in [2.24, 2.45) is 5.92 Å². The van der Waals surface area contributed by atoms with Crippen molar-refractivity contribution < 1.29 is 4.79 Å². The van der Waals surface area contributed by atoms with Gasteiger partial charge in [0.15, 0.2) is 0 Å². The van der Waals surface area contributed by atoms with Gasteiger partial charge in [-0.25, -0.2) is 9.97 Å². The lowest BCUT2D eigenvalue weighted by atomic mass is 9.99. The number of nitrogens with zero attached hydrogens (tertiary/aromatic N) is 3. The molecule has 1 aliphatic rings. The van der Waals surface area contributed by atoms with E-state index in [0.29, 0.717) is 15.6 Å². The number of rotatable bonds is 3. The van der Waals surface area contributed by atoms with Crippen molar-refractivity contribution in [2.75, 3.05) is 23.3 Å². The van der Waals surface area contributed by atoms with Crippen molar-refractivity contribution >= 4 is 50.6 Å². The lowest BCUT2D eigenvalue weighted by Crippen LogP contribution is -2.33. The van der Waals surface area contributed by atoms with Crippen LogP contribution in [-0.2, 0) is 0 Å². The predicted octanol–water partition coefficient (Wildman–Crippen LogP) is 5.45. The average Bonchev–Trinajstić information content (AvgIpc) is 2.98. The number of carbonyl (C=O) groups excluding carboxylic acids is 1. The van der Waals surface area contributed by atoms with Crippen LogP contribution >= 0.6 is 22.9 Å². The number of nitrogens with one attached hydrogen (secondary N) is 1. The number of thiophene rings is 1. The molecule has 0 bridgehead atoms. The van der Waals surface area contributed by atoms with E-state index in [2.05, 4.69) is 22.1 Å². The summed E-state index contributed by atoms with van der Waals surface area (Å²) in [6.45, 7) is 8.18. The Morgan fingerprint density at radius 3 is 2.71 bits per heavy atom. The van der Waals surface area contributed by atoms with Gasteiger partial charge in [0.05, 0.1) is 10.3 Å². The highest BCUT2D eigenvalue weighted by molar-refractivity contribution is 7.20. The van der Waals surface area contributed by atoms with Gasteiger partial charge in [0.1, 0.15) is 16.5 Å². The lowest BCUT2D eigenvalue weighted by Gasteiger charge is -2.31. The molecule has 3 aromatic rings. The minimum atomic E-state index is -0.140. The third-order valence-corrected chi connectivity index (χ3v) is 6.67. The molecule has 3 heterocycles. The lowest BCUT2D eigenvalue weighted by molar-refractivity contribution is 0.103. The molecule has 1 aromatic carbocycles. The van der Waals surface area contributed by atoms with E-state index in [-0.39, 0.29) is 5.91 Å². The van der Waals surface area contributed by atoms with Crippen LogP contribution in [0.5, 0.6) is 0 Å². The number of aryl methyl sites for hydroxylation is 2. The number of hydrogen-bond acceptors (Lipinski definition) is 5. The summed E-state index contributed by atoms with van der Waals surface area (Å²) in [4.78, 5) is 26.2. The second kappa shape index (κ2) is 7.68. The van der Waals surface area contributed by atoms with Crippen LogP contribution in [-0.4, -0.2) is 29.0 Å². The number of aromatic nitrogens is 2. The van der Waals surface area contributed by atoms with Crippen molar-refractivity contribution in [2.45, 2.75) is 33.6 Å². The summed E-state index contributed by atoms with van der Waals surface area (Å²) in [6, 6.07) is 7.18. The molecule has 1 amide bonds. The highest BCUT2D eigenvalue weighted by Crippen LogP contribution is 2.37. The van der Waals surface area contributed by atoms with Crippen LogP contribution in [0.3, 0.4) is 0 Å². The summed E-state index contributed by atoms with van der Waals surface area (Å²) in [5, 5.41) is 4.54. The van der Waals surface area contributed by atoms with E-state index in [1.165, 1.54) is 11.3 Å². The maximum Gasteiger partial charge on any atom is 0.266 e. The van der Waals surface area contributed by atoms with E-state index in [0.717, 1.165) is 59.3 Å². The fourth-order valence-corrected chi connectivity index (χ4v) is 4.95. The number of carbonyl (C=O) groups is 1. The second-order valence-electron chi connectivity index (χ2n) is 7.46. The molecule has 0 radical (unpaired) electrons. The van der Waals surface area contributed by atoms with E-state index >= 15 is 0 Å². The van der Waals surface area contributed by atoms with E-state index in [1.54, 1.807) is 12.1 Å². The molecule has 5 nitrogen and oxygen atoms in total. The van der Waals surface area contributed by atoms with Gasteiger partial charge in [0.2, 0.25) is 0 Å². The van der Waals surface area contributed by atoms with E-state index in [1.807, 2.05) is 26.0 Å². The molecule has 146 valence electrons. The van der Waals surface area contributed by atoms with Gasteiger partial charge in [-0.1, -0.05) is 24.6 Å². The van der Waals surface area contributed by atoms with Gasteiger partial charge in [0.25, 0.3) is 5.91 Å². The van der Waals surface area contributed by atoms with Gasteiger partial charge < -0.3 is 10.2 Å². The van der Waals surface area contributed by atoms with Gasteiger partial charge >= 0.3 is 0 Å². The van der Waals surface area contributed by atoms with Crippen LogP contribution in [0.1, 0.15) is 40.8 Å². The van der Waals surface area contributed by atoms with Crippen molar-refractivity contribution in [3.8, 4) is 0 Å². The van der Waals surface area contributed by atoms with Gasteiger partial charge in [-0.2, -0.15) is 0 Å². The van der Waals surface area contributed by atoms with Gasteiger partial charge in [-0.3, -0.25) is 4.79 Å². The summed E-state index contributed by atoms with van der Waals surface area (Å²) in [7, 11) is 0. The Hall–Kier alpha value is -2.18. The van der Waals surface area contributed by atoms with Crippen LogP contribution in [0.15, 0.2) is 24.3 Å². The first-order valence-corrected chi connectivity index (χ1v) is 10.7. The molecule has 0 spiro atoms. The summed E-state index contributed by atoms with van der Waals surface area (Å²) in [5.74, 6) is 2.31. The van der Waals surface area contributed by atoms with E-state index in [4.69, 9.17) is 16.6 Å². The fraction of sp³-hybridized carbons (Fsp3) is 0.381. The van der Waals surface area contributed by atoms with Crippen molar-refractivity contribution in [1.82, 2.24) is 9.97 Å². The standard InChI is InChI=1S/C21H23ClN4OS/c1-12-7-9-26(10-8-12)19-17-13(2)18(28-21(17)24-14(3)23-19)20(27)25-16-6-4-5-15(22)11-16/h4-6,11-12H,7-10H2,1-3H3,(H,25,27). The summed E-state index contributed by atoms with van der Waals surface area (Å²) in [5.41, 5.74) is 1.62. The van der Waals surface area contributed by atoms with E-state index in [9.17, 15) is 4.79 Å². The van der Waals surface area contributed by atoms with Gasteiger partial charge in [-0.15, -0.1) is 11.3 Å². The van der Waals surface area contributed by atoms with Crippen molar-refractivity contribution in [1.29, 1.82) is 0 Å². The van der Waals surface area contributed by atoms with Gasteiger partial charge in [-0.05, 0) is 56.4 Å². The molecule has 4 rings (SSSR count). The number of fused-ring (bicyclic) bond motifs is 1. The topological polar surface area (TPSA) is 58.1 Å². The molecule has 0 saturated carbocycles. The number of halogens is 1. The summed E-state index contributed by atoms with van der Waals surface area (Å²) >= 11 is 7.46. The first-order chi connectivity index (χ1) is 13.4. The number of piperidine rings is 1. The Bertz CT molecular complexity index is 1040. The third kappa shape index (κ3) is 3.71. The molecule has 1 fully saturated rings. The predicted molar refractivity (Wildman–Crippen MR) is 117 cm³/mol. The molecule has 0 aliphatic carbocycles. The maximum atomic E-state index is 12.9. The molecule has 28 heavy (non-hydrogen) atoms. The molecule has 1 aliphatic heterocycles. The molecule has 2 aromatic heterocycles. The van der Waals surface area contributed by atoms with Gasteiger partial charge in [0, 0.05) is 23.8 Å². The Morgan fingerprint density at radius 2 is 2.00 bits per heavy atom. The number of anilines is 2. The Morgan fingerprint density at radius 1 is 1.25 bits per heavy atom.